The van der Waals surface area contributed by atoms with Crippen molar-refractivity contribution >= 4 is 11.6 Å². The fraction of sp³-hybridized carbons (Fsp3) is 0.300. The molecule has 1 unspecified atom stereocenters. The van der Waals surface area contributed by atoms with Crippen LogP contribution in [0.4, 0.5) is 0 Å². The van der Waals surface area contributed by atoms with E-state index in [4.69, 9.17) is 11.6 Å². The van der Waals surface area contributed by atoms with Crippen molar-refractivity contribution in [3.8, 4) is 0 Å². The molecule has 0 fully saturated rings. The number of hydrogen-bond donors (Lipinski definition) is 1. The van der Waals surface area contributed by atoms with Gasteiger partial charge < -0.3 is 5.32 Å². The molecule has 13 heavy (non-hydrogen) atoms. The number of rotatable bonds is 4. The third kappa shape index (κ3) is 3.17. The van der Waals surface area contributed by atoms with Crippen LogP contribution in [0.3, 0.4) is 0 Å². The molecule has 0 saturated carbocycles. The molecule has 1 N–H and O–H groups in total. The van der Waals surface area contributed by atoms with Crippen LogP contribution in [-0.4, -0.2) is 11.0 Å². The molecule has 1 atom stereocenters. The van der Waals surface area contributed by atoms with Crippen molar-refractivity contribution in [1.29, 1.82) is 0 Å². The second-order valence-electron chi connectivity index (χ2n) is 2.87. The maximum absolute atomic E-state index is 5.92. The van der Waals surface area contributed by atoms with Crippen molar-refractivity contribution < 1.29 is 0 Å². The first kappa shape index (κ1) is 10.2. The lowest BCUT2D eigenvalue weighted by Gasteiger charge is -2.09. The van der Waals surface area contributed by atoms with Gasteiger partial charge in [0.15, 0.2) is 0 Å². The number of nitrogens with zero attached hydrogens (tertiary/aromatic N) is 1. The molecular formula is C10H13ClN2. The zero-order chi connectivity index (χ0) is 9.68. The van der Waals surface area contributed by atoms with Gasteiger partial charge in [-0.3, -0.25) is 4.98 Å². The highest BCUT2D eigenvalue weighted by molar-refractivity contribution is 6.31. The van der Waals surface area contributed by atoms with E-state index in [9.17, 15) is 0 Å². The first-order valence-corrected chi connectivity index (χ1v) is 4.56. The molecule has 0 spiro atoms. The van der Waals surface area contributed by atoms with E-state index in [0.29, 0.717) is 11.1 Å². The maximum atomic E-state index is 5.92. The van der Waals surface area contributed by atoms with Gasteiger partial charge in [-0.1, -0.05) is 17.7 Å². The molecule has 0 aromatic carbocycles. The summed E-state index contributed by atoms with van der Waals surface area (Å²) in [5.74, 6) is 0. The summed E-state index contributed by atoms with van der Waals surface area (Å²) < 4.78 is 0. The van der Waals surface area contributed by atoms with Gasteiger partial charge in [-0.05, 0) is 18.6 Å². The van der Waals surface area contributed by atoms with E-state index in [1.807, 2.05) is 19.1 Å². The van der Waals surface area contributed by atoms with E-state index in [0.717, 1.165) is 12.1 Å². The molecule has 3 heteroatoms. The van der Waals surface area contributed by atoms with Gasteiger partial charge in [0.2, 0.25) is 0 Å². The number of aromatic nitrogens is 1. The lowest BCUT2D eigenvalue weighted by atomic mass is 10.2. The minimum atomic E-state index is 0.296. The van der Waals surface area contributed by atoms with Gasteiger partial charge >= 0.3 is 0 Å². The van der Waals surface area contributed by atoms with Crippen molar-refractivity contribution in [2.24, 2.45) is 0 Å². The fourth-order valence-corrected chi connectivity index (χ4v) is 1.09. The summed E-state index contributed by atoms with van der Waals surface area (Å²) in [6, 6.07) is 2.20. The zero-order valence-corrected chi connectivity index (χ0v) is 8.38. The Morgan fingerprint density at radius 1 is 1.77 bits per heavy atom. The molecule has 70 valence electrons. The second kappa shape index (κ2) is 5.00. The number of pyridine rings is 1. The van der Waals surface area contributed by atoms with Crippen molar-refractivity contribution in [3.05, 3.63) is 41.7 Å². The molecule has 1 heterocycles. The smallest absolute Gasteiger partial charge is 0.0634 e. The van der Waals surface area contributed by atoms with Crippen LogP contribution in [-0.2, 0) is 6.54 Å². The lowest BCUT2D eigenvalue weighted by molar-refractivity contribution is 0.634. The largest absolute Gasteiger partial charge is 0.307 e. The van der Waals surface area contributed by atoms with Crippen molar-refractivity contribution in [2.45, 2.75) is 19.5 Å². The standard InChI is InChI=1S/C10H13ClN2/c1-3-8(2)13-6-9-4-5-12-7-10(9)11/h3-5,7-8,13H,1,6H2,2H3. The van der Waals surface area contributed by atoms with E-state index in [1.165, 1.54) is 0 Å². The number of nitrogens with one attached hydrogen (secondary N) is 1. The third-order valence-electron chi connectivity index (χ3n) is 1.82. The second-order valence-corrected chi connectivity index (χ2v) is 3.28. The van der Waals surface area contributed by atoms with Gasteiger partial charge in [0.1, 0.15) is 0 Å². The van der Waals surface area contributed by atoms with Gasteiger partial charge in [-0.25, -0.2) is 0 Å². The predicted octanol–water partition coefficient (Wildman–Crippen LogP) is 2.40. The van der Waals surface area contributed by atoms with Crippen molar-refractivity contribution in [1.82, 2.24) is 10.3 Å². The Labute approximate surface area is 83.6 Å². The molecule has 0 amide bonds. The third-order valence-corrected chi connectivity index (χ3v) is 2.16. The summed E-state index contributed by atoms with van der Waals surface area (Å²) >= 11 is 5.92. The van der Waals surface area contributed by atoms with E-state index in [2.05, 4.69) is 16.9 Å². The van der Waals surface area contributed by atoms with Crippen molar-refractivity contribution in [2.75, 3.05) is 0 Å². The summed E-state index contributed by atoms with van der Waals surface area (Å²) in [6.45, 7) is 6.48. The Morgan fingerprint density at radius 2 is 2.54 bits per heavy atom. The highest BCUT2D eigenvalue weighted by Crippen LogP contribution is 2.12. The molecule has 1 aromatic rings. The van der Waals surface area contributed by atoms with E-state index < -0.39 is 0 Å². The van der Waals surface area contributed by atoms with Crippen LogP contribution in [0.2, 0.25) is 5.02 Å². The van der Waals surface area contributed by atoms with Gasteiger partial charge in [-0.2, -0.15) is 0 Å². The Kier molecular flexibility index (Phi) is 3.93. The molecule has 1 rings (SSSR count). The Bertz CT molecular complexity index is 286. The Morgan fingerprint density at radius 3 is 3.15 bits per heavy atom. The normalized spacial score (nSPS) is 12.5. The van der Waals surface area contributed by atoms with Crippen LogP contribution in [0.25, 0.3) is 0 Å². The van der Waals surface area contributed by atoms with Crippen LogP contribution in [0.1, 0.15) is 12.5 Å². The van der Waals surface area contributed by atoms with Gasteiger partial charge in [0.05, 0.1) is 5.02 Å². The molecule has 1 aromatic heterocycles. The zero-order valence-electron chi connectivity index (χ0n) is 7.63. The first-order chi connectivity index (χ1) is 6.24. The van der Waals surface area contributed by atoms with Gasteiger partial charge in [0, 0.05) is 25.0 Å². The van der Waals surface area contributed by atoms with Crippen LogP contribution < -0.4 is 5.32 Å². The average molecular weight is 197 g/mol. The molecule has 2 nitrogen and oxygen atoms in total. The highest BCUT2D eigenvalue weighted by Gasteiger charge is 2.00. The summed E-state index contributed by atoms with van der Waals surface area (Å²) in [5.41, 5.74) is 1.06. The molecule has 0 radical (unpaired) electrons. The summed E-state index contributed by atoms with van der Waals surface area (Å²) in [5, 5.41) is 3.96. The van der Waals surface area contributed by atoms with E-state index in [-0.39, 0.29) is 0 Å². The van der Waals surface area contributed by atoms with Crippen LogP contribution in [0, 0.1) is 0 Å². The molecule has 0 saturated heterocycles. The molecule has 0 aliphatic rings. The first-order valence-electron chi connectivity index (χ1n) is 4.18. The van der Waals surface area contributed by atoms with Crippen LogP contribution in [0.5, 0.6) is 0 Å². The fourth-order valence-electron chi connectivity index (χ4n) is 0.902. The summed E-state index contributed by atoms with van der Waals surface area (Å²) in [4.78, 5) is 3.91. The maximum Gasteiger partial charge on any atom is 0.0634 e. The number of halogens is 1. The quantitative estimate of drug-likeness (QED) is 0.749. The summed E-state index contributed by atoms with van der Waals surface area (Å²) in [7, 11) is 0. The Hall–Kier alpha value is -0.860. The number of hydrogen-bond acceptors (Lipinski definition) is 2. The van der Waals surface area contributed by atoms with Gasteiger partial charge in [-0.15, -0.1) is 6.58 Å². The molecule has 0 aliphatic carbocycles. The lowest BCUT2D eigenvalue weighted by Crippen LogP contribution is -2.23. The molecule has 0 bridgehead atoms. The Balaban J connectivity index is 2.54. The van der Waals surface area contributed by atoms with E-state index >= 15 is 0 Å². The SMILES string of the molecule is C=CC(C)NCc1ccncc1Cl. The monoisotopic (exact) mass is 196 g/mol. The average Bonchev–Trinajstić information content (AvgIpc) is 2.16. The molecular weight excluding hydrogens is 184 g/mol. The van der Waals surface area contributed by atoms with Crippen molar-refractivity contribution in [3.63, 3.8) is 0 Å². The molecule has 0 aliphatic heterocycles. The predicted molar refractivity (Wildman–Crippen MR) is 55.7 cm³/mol. The van der Waals surface area contributed by atoms with Crippen LogP contribution in [0.15, 0.2) is 31.1 Å². The topological polar surface area (TPSA) is 24.9 Å². The minimum Gasteiger partial charge on any atom is -0.307 e. The van der Waals surface area contributed by atoms with Crippen LogP contribution >= 0.6 is 11.6 Å². The highest BCUT2D eigenvalue weighted by atomic mass is 35.5. The van der Waals surface area contributed by atoms with E-state index in [1.54, 1.807) is 12.4 Å². The minimum absolute atomic E-state index is 0.296. The summed E-state index contributed by atoms with van der Waals surface area (Å²) in [6.07, 6.45) is 5.24. The van der Waals surface area contributed by atoms with Gasteiger partial charge in [0.25, 0.3) is 0 Å².